The SMILES string of the molecule is C.C.C.C.N#CCC(=O)CCCc1ccc(O)cc1. The summed E-state index contributed by atoms with van der Waals surface area (Å²) in [6.45, 7) is 0. The van der Waals surface area contributed by atoms with Crippen molar-refractivity contribution in [2.24, 2.45) is 0 Å². The van der Waals surface area contributed by atoms with Crippen LogP contribution in [0.5, 0.6) is 5.75 Å². The van der Waals surface area contributed by atoms with Crippen LogP contribution in [0.2, 0.25) is 0 Å². The molecule has 0 unspecified atom stereocenters. The Morgan fingerprint density at radius 2 is 1.63 bits per heavy atom. The number of nitriles is 1. The quantitative estimate of drug-likeness (QED) is 0.838. The summed E-state index contributed by atoms with van der Waals surface area (Å²) in [6, 6.07) is 8.78. The molecule has 0 fully saturated rings. The van der Waals surface area contributed by atoms with Crippen molar-refractivity contribution < 1.29 is 9.90 Å². The highest BCUT2D eigenvalue weighted by atomic mass is 16.3. The highest BCUT2D eigenvalue weighted by molar-refractivity contribution is 5.80. The Bertz CT molecular complexity index is 363. The first-order chi connectivity index (χ1) is 7.22. The van der Waals surface area contributed by atoms with Gasteiger partial charge in [0.2, 0.25) is 0 Å². The van der Waals surface area contributed by atoms with Crippen molar-refractivity contribution in [2.45, 2.75) is 55.4 Å². The van der Waals surface area contributed by atoms with Gasteiger partial charge in [0.1, 0.15) is 11.5 Å². The molecule has 1 N–H and O–H groups in total. The summed E-state index contributed by atoms with van der Waals surface area (Å²) in [5, 5.41) is 17.3. The van der Waals surface area contributed by atoms with Gasteiger partial charge in [0.25, 0.3) is 0 Å². The van der Waals surface area contributed by atoms with E-state index in [9.17, 15) is 4.79 Å². The van der Waals surface area contributed by atoms with E-state index in [1.54, 1.807) is 12.1 Å². The molecule has 19 heavy (non-hydrogen) atoms. The number of aryl methyl sites for hydroxylation is 1. The Morgan fingerprint density at radius 3 is 2.11 bits per heavy atom. The van der Waals surface area contributed by atoms with Crippen LogP contribution in [-0.2, 0) is 11.2 Å². The molecule has 0 heterocycles. The maximum Gasteiger partial charge on any atom is 0.146 e. The summed E-state index contributed by atoms with van der Waals surface area (Å²) in [5.41, 5.74) is 1.09. The molecule has 1 aromatic carbocycles. The van der Waals surface area contributed by atoms with E-state index in [0.29, 0.717) is 6.42 Å². The lowest BCUT2D eigenvalue weighted by Crippen LogP contribution is -1.96. The molecule has 0 aliphatic rings. The average Bonchev–Trinajstić information content (AvgIpc) is 2.21. The van der Waals surface area contributed by atoms with E-state index in [2.05, 4.69) is 0 Å². The molecule has 3 nitrogen and oxygen atoms in total. The molecule has 0 aliphatic heterocycles. The molecule has 0 aliphatic carbocycles. The fourth-order valence-electron chi connectivity index (χ4n) is 1.33. The van der Waals surface area contributed by atoms with Crippen LogP contribution >= 0.6 is 0 Å². The predicted octanol–water partition coefficient (Wildman–Crippen LogP) is 4.74. The fourth-order valence-corrected chi connectivity index (χ4v) is 1.33. The molecule has 0 bridgehead atoms. The topological polar surface area (TPSA) is 61.1 Å². The number of hydrogen-bond donors (Lipinski definition) is 1. The normalized spacial score (nSPS) is 7.53. The van der Waals surface area contributed by atoms with Gasteiger partial charge in [-0.1, -0.05) is 41.8 Å². The van der Waals surface area contributed by atoms with Gasteiger partial charge in [0.05, 0.1) is 12.5 Å². The molecular formula is C16H29NO2. The zero-order valence-electron chi connectivity index (χ0n) is 8.44. The fraction of sp³-hybridized carbons (Fsp3) is 0.500. The number of nitrogens with zero attached hydrogens (tertiary/aromatic N) is 1. The van der Waals surface area contributed by atoms with Crippen LogP contribution in [0.3, 0.4) is 0 Å². The highest BCUT2D eigenvalue weighted by Gasteiger charge is 2.01. The van der Waals surface area contributed by atoms with Crippen molar-refractivity contribution >= 4 is 5.78 Å². The number of ketones is 1. The van der Waals surface area contributed by atoms with Crippen LogP contribution in [0.1, 0.15) is 54.5 Å². The minimum Gasteiger partial charge on any atom is -0.508 e. The first-order valence-corrected chi connectivity index (χ1v) is 4.89. The van der Waals surface area contributed by atoms with E-state index in [1.165, 1.54) is 0 Å². The highest BCUT2D eigenvalue weighted by Crippen LogP contribution is 2.12. The second-order valence-electron chi connectivity index (χ2n) is 3.39. The summed E-state index contributed by atoms with van der Waals surface area (Å²) in [5.74, 6) is 0.246. The van der Waals surface area contributed by atoms with E-state index in [0.717, 1.165) is 18.4 Å². The van der Waals surface area contributed by atoms with Crippen molar-refractivity contribution in [1.82, 2.24) is 0 Å². The molecule has 0 spiro atoms. The van der Waals surface area contributed by atoms with Crippen LogP contribution in [0.4, 0.5) is 0 Å². The summed E-state index contributed by atoms with van der Waals surface area (Å²) in [7, 11) is 0. The third-order valence-corrected chi connectivity index (χ3v) is 2.13. The summed E-state index contributed by atoms with van der Waals surface area (Å²) in [6.07, 6.45) is 2.02. The Labute approximate surface area is 118 Å². The van der Waals surface area contributed by atoms with Crippen LogP contribution in [0, 0.1) is 11.3 Å². The number of Topliss-reactive ketones (excluding diaryl/α,β-unsaturated/α-hetero) is 1. The largest absolute Gasteiger partial charge is 0.508 e. The number of carbonyl (C=O) groups is 1. The maximum atomic E-state index is 11.0. The van der Waals surface area contributed by atoms with E-state index >= 15 is 0 Å². The van der Waals surface area contributed by atoms with Gasteiger partial charge in [-0.25, -0.2) is 0 Å². The molecule has 0 aromatic heterocycles. The minimum atomic E-state index is -0.00345. The van der Waals surface area contributed by atoms with Crippen LogP contribution in [0.25, 0.3) is 0 Å². The Morgan fingerprint density at radius 1 is 1.11 bits per heavy atom. The standard InChI is InChI=1S/C12H13NO2.4CH4/c13-9-8-11(14)3-1-2-10-4-6-12(15)7-5-10;;;;/h4-7,15H,1-3,8H2;4*1H4. The summed E-state index contributed by atoms with van der Waals surface area (Å²) < 4.78 is 0. The van der Waals surface area contributed by atoms with E-state index in [-0.39, 0.29) is 47.7 Å². The van der Waals surface area contributed by atoms with Gasteiger partial charge in [-0.05, 0) is 30.5 Å². The number of phenolic OH excluding ortho intramolecular Hbond substituents is 1. The second-order valence-corrected chi connectivity index (χ2v) is 3.39. The third-order valence-electron chi connectivity index (χ3n) is 2.13. The molecule has 0 saturated carbocycles. The second kappa shape index (κ2) is 14.2. The molecular weight excluding hydrogens is 238 g/mol. The number of rotatable bonds is 5. The van der Waals surface area contributed by atoms with Crippen molar-refractivity contribution in [3.05, 3.63) is 29.8 Å². The van der Waals surface area contributed by atoms with E-state index in [1.807, 2.05) is 18.2 Å². The monoisotopic (exact) mass is 267 g/mol. The van der Waals surface area contributed by atoms with Gasteiger partial charge in [-0.2, -0.15) is 5.26 Å². The lowest BCUT2D eigenvalue weighted by Gasteiger charge is -2.00. The number of phenols is 1. The maximum absolute atomic E-state index is 11.0. The zero-order valence-corrected chi connectivity index (χ0v) is 8.44. The Kier molecular flexibility index (Phi) is 19.4. The van der Waals surface area contributed by atoms with Gasteiger partial charge >= 0.3 is 0 Å². The first-order valence-electron chi connectivity index (χ1n) is 4.89. The smallest absolute Gasteiger partial charge is 0.146 e. The van der Waals surface area contributed by atoms with E-state index in [4.69, 9.17) is 10.4 Å². The lowest BCUT2D eigenvalue weighted by atomic mass is 10.1. The molecule has 0 atom stereocenters. The molecule has 0 amide bonds. The minimum absolute atomic E-state index is 0. The van der Waals surface area contributed by atoms with Crippen LogP contribution in [-0.4, -0.2) is 10.9 Å². The van der Waals surface area contributed by atoms with Crippen LogP contribution in [0.15, 0.2) is 24.3 Å². The Hall–Kier alpha value is -1.82. The molecule has 110 valence electrons. The van der Waals surface area contributed by atoms with Crippen LogP contribution < -0.4 is 0 Å². The molecule has 1 rings (SSSR count). The van der Waals surface area contributed by atoms with Gasteiger partial charge in [0.15, 0.2) is 0 Å². The van der Waals surface area contributed by atoms with Crippen molar-refractivity contribution in [1.29, 1.82) is 5.26 Å². The van der Waals surface area contributed by atoms with Gasteiger partial charge < -0.3 is 5.11 Å². The summed E-state index contributed by atoms with van der Waals surface area (Å²) in [4.78, 5) is 11.0. The van der Waals surface area contributed by atoms with E-state index < -0.39 is 0 Å². The zero-order chi connectivity index (χ0) is 11.1. The van der Waals surface area contributed by atoms with Gasteiger partial charge in [-0.15, -0.1) is 0 Å². The average molecular weight is 267 g/mol. The van der Waals surface area contributed by atoms with Crippen molar-refractivity contribution in [2.75, 3.05) is 0 Å². The molecule has 0 saturated heterocycles. The van der Waals surface area contributed by atoms with Gasteiger partial charge in [-0.3, -0.25) is 4.79 Å². The molecule has 3 heteroatoms. The lowest BCUT2D eigenvalue weighted by molar-refractivity contribution is -0.118. The predicted molar refractivity (Wildman–Crippen MR) is 83.2 cm³/mol. The molecule has 1 aromatic rings. The number of benzene rings is 1. The van der Waals surface area contributed by atoms with Crippen molar-refractivity contribution in [3.8, 4) is 11.8 Å². The number of hydrogen-bond acceptors (Lipinski definition) is 3. The Balaban J connectivity index is -0.000000281. The third kappa shape index (κ3) is 11.0. The number of aromatic hydroxyl groups is 1. The first kappa shape index (κ1) is 25.9. The number of carbonyl (C=O) groups excluding carboxylic acids is 1. The summed E-state index contributed by atoms with van der Waals surface area (Å²) >= 11 is 0. The van der Waals surface area contributed by atoms with Gasteiger partial charge in [0, 0.05) is 6.42 Å². The van der Waals surface area contributed by atoms with Crippen molar-refractivity contribution in [3.63, 3.8) is 0 Å². The molecule has 0 radical (unpaired) electrons.